The van der Waals surface area contributed by atoms with Crippen molar-refractivity contribution in [2.45, 2.75) is 20.4 Å². The number of nitrogens with one attached hydrogen (secondary N) is 1. The number of H-pyrrole nitrogens is 1. The van der Waals surface area contributed by atoms with E-state index in [0.29, 0.717) is 23.2 Å². The molecule has 0 saturated carbocycles. The summed E-state index contributed by atoms with van der Waals surface area (Å²) in [5, 5.41) is 4.51. The molecule has 24 heavy (non-hydrogen) atoms. The molecule has 0 radical (unpaired) electrons. The van der Waals surface area contributed by atoms with Crippen LogP contribution >= 0.6 is 0 Å². The second kappa shape index (κ2) is 5.12. The zero-order valence-electron chi connectivity index (χ0n) is 13.1. The first kappa shape index (κ1) is 14.3. The Balaban J connectivity index is 2.24. The molecule has 4 aromatic rings. The van der Waals surface area contributed by atoms with E-state index in [2.05, 4.69) is 20.1 Å². The quantitative estimate of drug-likeness (QED) is 0.558. The molecule has 0 spiro atoms. The lowest BCUT2D eigenvalue weighted by molar-refractivity contribution is 0.770. The Morgan fingerprint density at radius 1 is 1.17 bits per heavy atom. The summed E-state index contributed by atoms with van der Waals surface area (Å²) in [6.45, 7) is 4.30. The molecule has 0 aliphatic carbocycles. The number of aryl methyl sites for hydroxylation is 2. The minimum Gasteiger partial charge on any atom is -0.310 e. The summed E-state index contributed by atoms with van der Waals surface area (Å²) in [4.78, 5) is 36.8. The molecular formula is C16H14N6O2. The molecule has 120 valence electrons. The minimum absolute atomic E-state index is 0.0332. The summed E-state index contributed by atoms with van der Waals surface area (Å²) in [6, 6.07) is 5.18. The average Bonchev–Trinajstić information content (AvgIpc) is 3.09. The first-order valence-electron chi connectivity index (χ1n) is 7.54. The van der Waals surface area contributed by atoms with Crippen molar-refractivity contribution in [3.05, 3.63) is 56.9 Å². The average molecular weight is 322 g/mol. The van der Waals surface area contributed by atoms with Crippen molar-refractivity contribution in [3.8, 4) is 5.95 Å². The Hall–Kier alpha value is -3.29. The van der Waals surface area contributed by atoms with E-state index in [4.69, 9.17) is 0 Å². The summed E-state index contributed by atoms with van der Waals surface area (Å²) in [5.41, 5.74) is 0.778. The van der Waals surface area contributed by atoms with Gasteiger partial charge in [-0.1, -0.05) is 0 Å². The largest absolute Gasteiger partial charge is 0.310 e. The number of fused-ring (bicyclic) bond motifs is 2. The molecule has 0 saturated heterocycles. The van der Waals surface area contributed by atoms with Crippen LogP contribution in [0.25, 0.3) is 28.0 Å². The fourth-order valence-electron chi connectivity index (χ4n) is 2.81. The van der Waals surface area contributed by atoms with Crippen LogP contribution in [-0.4, -0.2) is 29.3 Å². The van der Waals surface area contributed by atoms with E-state index in [0.717, 1.165) is 5.69 Å². The van der Waals surface area contributed by atoms with Gasteiger partial charge in [-0.3, -0.25) is 14.6 Å². The van der Waals surface area contributed by atoms with Crippen molar-refractivity contribution >= 4 is 22.1 Å². The van der Waals surface area contributed by atoms with E-state index in [9.17, 15) is 9.59 Å². The third-order valence-corrected chi connectivity index (χ3v) is 3.92. The summed E-state index contributed by atoms with van der Waals surface area (Å²) in [7, 11) is 0. The smallest absolute Gasteiger partial charge is 0.265 e. The van der Waals surface area contributed by atoms with Crippen LogP contribution in [0.3, 0.4) is 0 Å². The van der Waals surface area contributed by atoms with Gasteiger partial charge < -0.3 is 4.57 Å². The highest BCUT2D eigenvalue weighted by molar-refractivity contribution is 5.89. The first-order valence-corrected chi connectivity index (χ1v) is 7.54. The lowest BCUT2D eigenvalue weighted by Crippen LogP contribution is -2.24. The third-order valence-electron chi connectivity index (χ3n) is 3.92. The highest BCUT2D eigenvalue weighted by Crippen LogP contribution is 2.15. The van der Waals surface area contributed by atoms with Crippen molar-refractivity contribution in [2.24, 2.45) is 0 Å². The molecule has 0 bridgehead atoms. The van der Waals surface area contributed by atoms with Gasteiger partial charge in [0.25, 0.3) is 5.56 Å². The maximum Gasteiger partial charge on any atom is 0.265 e. The Kier molecular flexibility index (Phi) is 3.05. The van der Waals surface area contributed by atoms with Crippen molar-refractivity contribution in [1.29, 1.82) is 0 Å². The minimum atomic E-state index is -0.486. The van der Waals surface area contributed by atoms with Crippen molar-refractivity contribution < 1.29 is 0 Å². The van der Waals surface area contributed by atoms with E-state index in [-0.39, 0.29) is 16.8 Å². The van der Waals surface area contributed by atoms with Crippen LogP contribution in [0.1, 0.15) is 12.6 Å². The second-order valence-electron chi connectivity index (χ2n) is 5.44. The number of pyridine rings is 2. The van der Waals surface area contributed by atoms with Gasteiger partial charge in [0.2, 0.25) is 11.4 Å². The molecule has 0 unspecified atom stereocenters. The monoisotopic (exact) mass is 322 g/mol. The molecule has 4 rings (SSSR count). The van der Waals surface area contributed by atoms with Crippen molar-refractivity contribution in [3.63, 3.8) is 0 Å². The summed E-state index contributed by atoms with van der Waals surface area (Å²) in [5.74, 6) is 0.256. The molecular weight excluding hydrogens is 308 g/mol. The normalized spacial score (nSPS) is 11.4. The third kappa shape index (κ3) is 1.96. The molecule has 4 heterocycles. The number of aromatic nitrogens is 6. The molecule has 4 aromatic heterocycles. The lowest BCUT2D eigenvalue weighted by atomic mass is 10.2. The zero-order valence-corrected chi connectivity index (χ0v) is 13.1. The number of nitrogens with zero attached hydrogens (tertiary/aromatic N) is 5. The molecule has 8 heteroatoms. The van der Waals surface area contributed by atoms with Gasteiger partial charge in [-0.25, -0.2) is 9.67 Å². The topological polar surface area (TPSA) is 98.5 Å². The standard InChI is InChI=1S/C16H14N6O2/c1-3-21-13-10(6-5-9(2)18-13)12(23)11-14(21)19-16(20-15(11)24)22-8-4-7-17-22/h4-8H,3H2,1-2H3,(H,19,20,24). The van der Waals surface area contributed by atoms with Gasteiger partial charge in [-0.15, -0.1) is 0 Å². The highest BCUT2D eigenvalue weighted by Gasteiger charge is 2.17. The number of aromatic amines is 1. The Morgan fingerprint density at radius 3 is 2.71 bits per heavy atom. The van der Waals surface area contributed by atoms with Gasteiger partial charge in [0.1, 0.15) is 11.0 Å². The molecule has 1 N–H and O–H groups in total. The van der Waals surface area contributed by atoms with Gasteiger partial charge in [-0.2, -0.15) is 10.1 Å². The second-order valence-corrected chi connectivity index (χ2v) is 5.44. The number of hydrogen-bond donors (Lipinski definition) is 1. The Labute approximate surface area is 135 Å². The zero-order chi connectivity index (χ0) is 16.8. The van der Waals surface area contributed by atoms with Crippen LogP contribution < -0.4 is 11.0 Å². The molecule has 0 amide bonds. The SMILES string of the molecule is CCn1c2nc(C)ccc2c(=O)c2c(=O)[nH]c(-n3cccn3)nc21. The molecule has 0 fully saturated rings. The van der Waals surface area contributed by atoms with Gasteiger partial charge in [-0.05, 0) is 32.0 Å². The van der Waals surface area contributed by atoms with Crippen LogP contribution in [0.5, 0.6) is 0 Å². The number of hydrogen-bond acceptors (Lipinski definition) is 5. The summed E-state index contributed by atoms with van der Waals surface area (Å²) < 4.78 is 3.22. The maximum absolute atomic E-state index is 12.8. The van der Waals surface area contributed by atoms with Crippen molar-refractivity contribution in [2.75, 3.05) is 0 Å². The van der Waals surface area contributed by atoms with Gasteiger partial charge in [0.15, 0.2) is 5.65 Å². The van der Waals surface area contributed by atoms with E-state index >= 15 is 0 Å². The molecule has 0 aromatic carbocycles. The van der Waals surface area contributed by atoms with Crippen LogP contribution in [0.4, 0.5) is 0 Å². The molecule has 0 aliphatic heterocycles. The Morgan fingerprint density at radius 2 is 2.00 bits per heavy atom. The van der Waals surface area contributed by atoms with Crippen LogP contribution in [0.2, 0.25) is 0 Å². The Bertz CT molecular complexity index is 1190. The number of rotatable bonds is 2. The van der Waals surface area contributed by atoms with Crippen LogP contribution in [0.15, 0.2) is 40.2 Å². The van der Waals surface area contributed by atoms with Crippen LogP contribution in [-0.2, 0) is 6.54 Å². The van der Waals surface area contributed by atoms with Gasteiger partial charge in [0.05, 0.1) is 5.39 Å². The maximum atomic E-state index is 12.8. The van der Waals surface area contributed by atoms with E-state index in [1.807, 2.05) is 13.8 Å². The molecule has 0 atom stereocenters. The molecule has 8 nitrogen and oxygen atoms in total. The fraction of sp³-hybridized carbons (Fsp3) is 0.188. The van der Waals surface area contributed by atoms with E-state index < -0.39 is 5.56 Å². The van der Waals surface area contributed by atoms with E-state index in [1.54, 1.807) is 35.2 Å². The van der Waals surface area contributed by atoms with Crippen molar-refractivity contribution in [1.82, 2.24) is 29.3 Å². The van der Waals surface area contributed by atoms with Crippen LogP contribution in [0, 0.1) is 6.92 Å². The van der Waals surface area contributed by atoms with E-state index in [1.165, 1.54) is 4.68 Å². The predicted octanol–water partition coefficient (Wildman–Crippen LogP) is 1.15. The molecule has 0 aliphatic rings. The fourth-order valence-corrected chi connectivity index (χ4v) is 2.81. The highest BCUT2D eigenvalue weighted by atomic mass is 16.1. The predicted molar refractivity (Wildman–Crippen MR) is 89.5 cm³/mol. The summed E-state index contributed by atoms with van der Waals surface area (Å²) >= 11 is 0. The van der Waals surface area contributed by atoms with Gasteiger partial charge >= 0.3 is 0 Å². The first-order chi connectivity index (χ1) is 11.6. The lowest BCUT2D eigenvalue weighted by Gasteiger charge is -2.12. The summed E-state index contributed by atoms with van der Waals surface area (Å²) in [6.07, 6.45) is 3.25. The van der Waals surface area contributed by atoms with Gasteiger partial charge in [0, 0.05) is 24.6 Å².